The van der Waals surface area contributed by atoms with Crippen LogP contribution in [0.2, 0.25) is 0 Å². The molecule has 0 spiro atoms. The van der Waals surface area contributed by atoms with Gasteiger partial charge in [0.1, 0.15) is 5.82 Å². The van der Waals surface area contributed by atoms with Crippen LogP contribution >= 0.6 is 11.3 Å². The molecule has 1 N–H and O–H groups in total. The first kappa shape index (κ1) is 16.6. The van der Waals surface area contributed by atoms with Gasteiger partial charge in [0, 0.05) is 25.1 Å². The predicted octanol–water partition coefficient (Wildman–Crippen LogP) is 2.36. The fourth-order valence-corrected chi connectivity index (χ4v) is 3.86. The lowest BCUT2D eigenvalue weighted by Crippen LogP contribution is -2.38. The van der Waals surface area contributed by atoms with Crippen LogP contribution in [0.4, 0.5) is 0 Å². The molecule has 0 aromatic carbocycles. The number of hydrogen-bond acceptors (Lipinski definition) is 5. The van der Waals surface area contributed by atoms with E-state index < -0.39 is 0 Å². The third kappa shape index (κ3) is 3.46. The van der Waals surface area contributed by atoms with Crippen molar-refractivity contribution in [3.05, 3.63) is 49.8 Å². The minimum absolute atomic E-state index is 0.0199. The van der Waals surface area contributed by atoms with Gasteiger partial charge in [-0.3, -0.25) is 14.4 Å². The van der Waals surface area contributed by atoms with Crippen LogP contribution in [0, 0.1) is 6.92 Å². The Morgan fingerprint density at radius 2 is 1.92 bits per heavy atom. The number of aromatic nitrogens is 2. The number of nitrogens with one attached hydrogen (secondary N) is 1. The van der Waals surface area contributed by atoms with Gasteiger partial charge in [-0.25, -0.2) is 4.98 Å². The van der Waals surface area contributed by atoms with Crippen molar-refractivity contribution in [2.45, 2.75) is 32.6 Å². The van der Waals surface area contributed by atoms with E-state index in [1.54, 1.807) is 25.1 Å². The second-order valence-electron chi connectivity index (χ2n) is 6.04. The highest BCUT2D eigenvalue weighted by Crippen LogP contribution is 2.28. The van der Waals surface area contributed by atoms with Crippen LogP contribution in [0.3, 0.4) is 0 Å². The Bertz CT molecular complexity index is 832. The Hall–Kier alpha value is -2.28. The van der Waals surface area contributed by atoms with Gasteiger partial charge in [-0.15, -0.1) is 11.3 Å². The molecule has 2 aromatic rings. The maximum Gasteiger partial charge on any atom is 0.263 e. The van der Waals surface area contributed by atoms with Crippen molar-refractivity contribution in [1.82, 2.24) is 14.9 Å². The summed E-state index contributed by atoms with van der Waals surface area (Å²) in [6.45, 7) is 4.53. The van der Waals surface area contributed by atoms with E-state index in [9.17, 15) is 14.4 Å². The van der Waals surface area contributed by atoms with E-state index in [4.69, 9.17) is 0 Å². The van der Waals surface area contributed by atoms with Gasteiger partial charge in [-0.05, 0) is 38.8 Å². The number of carbonyl (C=O) groups excluding carboxylic acids is 2. The zero-order valence-electron chi connectivity index (χ0n) is 13.7. The number of likely N-dealkylation sites (tertiary alicyclic amines) is 1. The summed E-state index contributed by atoms with van der Waals surface area (Å²) in [5, 5.41) is 0. The molecule has 126 valence electrons. The smallest absolute Gasteiger partial charge is 0.263 e. The Morgan fingerprint density at radius 1 is 1.25 bits per heavy atom. The van der Waals surface area contributed by atoms with E-state index in [0.29, 0.717) is 28.7 Å². The van der Waals surface area contributed by atoms with Gasteiger partial charge in [0.2, 0.25) is 0 Å². The number of rotatable bonds is 3. The van der Waals surface area contributed by atoms with Crippen molar-refractivity contribution < 1.29 is 9.59 Å². The summed E-state index contributed by atoms with van der Waals surface area (Å²) in [6.07, 6.45) is 1.57. The minimum atomic E-state index is -0.133. The Morgan fingerprint density at radius 3 is 2.50 bits per heavy atom. The summed E-state index contributed by atoms with van der Waals surface area (Å²) in [4.78, 5) is 45.6. The van der Waals surface area contributed by atoms with Crippen molar-refractivity contribution in [1.29, 1.82) is 0 Å². The van der Waals surface area contributed by atoms with Crippen LogP contribution in [0.1, 0.15) is 56.5 Å². The van der Waals surface area contributed by atoms with Crippen LogP contribution in [-0.4, -0.2) is 39.6 Å². The quantitative estimate of drug-likeness (QED) is 0.866. The molecule has 7 heteroatoms. The minimum Gasteiger partial charge on any atom is -0.338 e. The van der Waals surface area contributed by atoms with Crippen molar-refractivity contribution in [2.75, 3.05) is 13.1 Å². The molecule has 1 fully saturated rings. The fourth-order valence-electron chi connectivity index (χ4n) is 2.99. The highest BCUT2D eigenvalue weighted by atomic mass is 32.1. The molecular formula is C17H19N3O3S. The van der Waals surface area contributed by atoms with Gasteiger partial charge in [0.05, 0.1) is 15.4 Å². The van der Waals surface area contributed by atoms with E-state index in [-0.39, 0.29) is 23.2 Å². The summed E-state index contributed by atoms with van der Waals surface area (Å²) in [7, 11) is 0. The summed E-state index contributed by atoms with van der Waals surface area (Å²) in [5.41, 5.74) is 0.671. The van der Waals surface area contributed by atoms with Crippen molar-refractivity contribution >= 4 is 23.0 Å². The van der Waals surface area contributed by atoms with E-state index in [0.717, 1.165) is 18.5 Å². The molecule has 1 aliphatic heterocycles. The van der Waals surface area contributed by atoms with Crippen LogP contribution in [-0.2, 0) is 0 Å². The number of aryl methyl sites for hydroxylation is 1. The second-order valence-corrected chi connectivity index (χ2v) is 7.13. The molecule has 3 heterocycles. The molecule has 0 radical (unpaired) electrons. The molecule has 0 atom stereocenters. The summed E-state index contributed by atoms with van der Waals surface area (Å²) >= 11 is 1.25. The first-order chi connectivity index (χ1) is 11.4. The molecule has 1 saturated heterocycles. The standard InChI is InChI=1S/C17H19N3O3S/c1-10(21)14-3-4-15(24-14)17(23)20-7-5-12(6-8-20)13-9-16(22)19-11(2)18-13/h3-4,9,12H,5-8H2,1-2H3,(H,18,19,22). The average Bonchev–Trinajstić information content (AvgIpc) is 3.03. The number of Topliss-reactive ketones (excluding diaryl/α,β-unsaturated/α-hetero) is 1. The topological polar surface area (TPSA) is 83.1 Å². The van der Waals surface area contributed by atoms with Gasteiger partial charge < -0.3 is 9.88 Å². The van der Waals surface area contributed by atoms with E-state index >= 15 is 0 Å². The van der Waals surface area contributed by atoms with Gasteiger partial charge in [0.15, 0.2) is 5.78 Å². The first-order valence-electron chi connectivity index (χ1n) is 7.92. The van der Waals surface area contributed by atoms with E-state index in [1.165, 1.54) is 18.3 Å². The largest absolute Gasteiger partial charge is 0.338 e. The maximum atomic E-state index is 12.5. The van der Waals surface area contributed by atoms with E-state index in [2.05, 4.69) is 9.97 Å². The summed E-state index contributed by atoms with van der Waals surface area (Å²) in [6, 6.07) is 4.97. The van der Waals surface area contributed by atoms with Crippen molar-refractivity contribution in [3.63, 3.8) is 0 Å². The molecule has 6 nitrogen and oxygen atoms in total. The van der Waals surface area contributed by atoms with Crippen molar-refractivity contribution in [2.24, 2.45) is 0 Å². The molecule has 24 heavy (non-hydrogen) atoms. The number of ketones is 1. The van der Waals surface area contributed by atoms with E-state index in [1.807, 2.05) is 4.90 Å². The number of aromatic amines is 1. The maximum absolute atomic E-state index is 12.5. The fraction of sp³-hybridized carbons (Fsp3) is 0.412. The van der Waals surface area contributed by atoms with Gasteiger partial charge in [-0.1, -0.05) is 0 Å². The van der Waals surface area contributed by atoms with Gasteiger partial charge in [-0.2, -0.15) is 0 Å². The number of thiophene rings is 1. The van der Waals surface area contributed by atoms with Crippen molar-refractivity contribution in [3.8, 4) is 0 Å². The number of carbonyl (C=O) groups is 2. The summed E-state index contributed by atoms with van der Waals surface area (Å²) in [5.74, 6) is 0.770. The molecule has 1 aliphatic rings. The number of amides is 1. The normalized spacial score (nSPS) is 15.5. The Balaban J connectivity index is 1.66. The zero-order chi connectivity index (χ0) is 17.3. The lowest BCUT2D eigenvalue weighted by atomic mass is 9.93. The monoisotopic (exact) mass is 345 g/mol. The van der Waals surface area contributed by atoms with Crippen LogP contribution in [0.25, 0.3) is 0 Å². The highest BCUT2D eigenvalue weighted by Gasteiger charge is 2.26. The number of hydrogen-bond donors (Lipinski definition) is 1. The number of piperidine rings is 1. The molecule has 0 bridgehead atoms. The van der Waals surface area contributed by atoms with Gasteiger partial charge >= 0.3 is 0 Å². The van der Waals surface area contributed by atoms with Crippen LogP contribution in [0.5, 0.6) is 0 Å². The third-order valence-corrected chi connectivity index (χ3v) is 5.42. The lowest BCUT2D eigenvalue weighted by molar-refractivity contribution is 0.0717. The Kier molecular flexibility index (Phi) is 4.62. The lowest BCUT2D eigenvalue weighted by Gasteiger charge is -2.31. The molecule has 1 amide bonds. The second kappa shape index (κ2) is 6.68. The molecule has 0 unspecified atom stereocenters. The molecule has 0 saturated carbocycles. The SMILES string of the molecule is CC(=O)c1ccc(C(=O)N2CCC(c3cc(=O)[nH]c(C)n3)CC2)s1. The van der Waals surface area contributed by atoms with Gasteiger partial charge in [0.25, 0.3) is 11.5 Å². The molecular weight excluding hydrogens is 326 g/mol. The zero-order valence-corrected chi connectivity index (χ0v) is 14.5. The number of H-pyrrole nitrogens is 1. The molecule has 3 rings (SSSR count). The average molecular weight is 345 g/mol. The molecule has 2 aromatic heterocycles. The first-order valence-corrected chi connectivity index (χ1v) is 8.73. The third-order valence-electron chi connectivity index (χ3n) is 4.24. The summed E-state index contributed by atoms with van der Waals surface area (Å²) < 4.78 is 0. The van der Waals surface area contributed by atoms with Crippen LogP contribution in [0.15, 0.2) is 23.0 Å². The van der Waals surface area contributed by atoms with Crippen LogP contribution < -0.4 is 5.56 Å². The number of nitrogens with zero attached hydrogens (tertiary/aromatic N) is 2. The molecule has 0 aliphatic carbocycles. The predicted molar refractivity (Wildman–Crippen MR) is 91.8 cm³/mol. The highest BCUT2D eigenvalue weighted by molar-refractivity contribution is 7.15. The Labute approximate surface area is 143 Å².